The topological polar surface area (TPSA) is 68.5 Å². The molecule has 5 heteroatoms. The zero-order valence-corrected chi connectivity index (χ0v) is 11.5. The fourth-order valence-electron chi connectivity index (χ4n) is 1.72. The first kappa shape index (κ1) is 15.4. The summed E-state index contributed by atoms with van der Waals surface area (Å²) in [6.07, 6.45) is -0.447. The molecule has 0 aliphatic rings. The van der Waals surface area contributed by atoms with E-state index < -0.39 is 6.10 Å². The third-order valence-electron chi connectivity index (χ3n) is 2.78. The van der Waals surface area contributed by atoms with Gasteiger partial charge in [-0.25, -0.2) is 0 Å². The normalized spacial score (nSPS) is 11.9. The fraction of sp³-hybridized carbons (Fsp3) is 0.500. The third-order valence-corrected chi connectivity index (χ3v) is 2.78. The standard InChI is InChI=1S/C14H21N3O2/c1-17(11-14(18)10-16-7-8-19-2)13-5-3-12(9-15)4-6-13/h3-6,14,16,18H,7-8,10-11H2,1-2H3. The maximum atomic E-state index is 9.88. The Morgan fingerprint density at radius 1 is 1.42 bits per heavy atom. The lowest BCUT2D eigenvalue weighted by atomic mass is 10.2. The molecular formula is C14H21N3O2. The lowest BCUT2D eigenvalue weighted by Gasteiger charge is -2.23. The Bertz CT molecular complexity index is 400. The SMILES string of the molecule is COCCNCC(O)CN(C)c1ccc(C#N)cc1. The van der Waals surface area contributed by atoms with E-state index in [0.717, 1.165) is 12.2 Å². The molecule has 0 saturated heterocycles. The first-order valence-corrected chi connectivity index (χ1v) is 6.26. The van der Waals surface area contributed by atoms with Gasteiger partial charge < -0.3 is 20.1 Å². The van der Waals surface area contributed by atoms with Crippen LogP contribution in [0.1, 0.15) is 5.56 Å². The molecule has 104 valence electrons. The Labute approximate surface area is 114 Å². The Morgan fingerprint density at radius 2 is 2.11 bits per heavy atom. The summed E-state index contributed by atoms with van der Waals surface area (Å²) < 4.78 is 4.91. The van der Waals surface area contributed by atoms with Crippen LogP contribution in [0.25, 0.3) is 0 Å². The second kappa shape index (κ2) is 8.48. The van der Waals surface area contributed by atoms with Gasteiger partial charge in [0, 0.05) is 39.5 Å². The molecule has 0 heterocycles. The summed E-state index contributed by atoms with van der Waals surface area (Å²) in [7, 11) is 3.57. The van der Waals surface area contributed by atoms with E-state index in [0.29, 0.717) is 25.3 Å². The van der Waals surface area contributed by atoms with E-state index in [4.69, 9.17) is 10.00 Å². The van der Waals surface area contributed by atoms with E-state index in [-0.39, 0.29) is 0 Å². The molecule has 1 unspecified atom stereocenters. The van der Waals surface area contributed by atoms with Crippen molar-refractivity contribution in [1.82, 2.24) is 5.32 Å². The summed E-state index contributed by atoms with van der Waals surface area (Å²) >= 11 is 0. The second-order valence-electron chi connectivity index (χ2n) is 4.39. The van der Waals surface area contributed by atoms with Gasteiger partial charge in [0.25, 0.3) is 0 Å². The monoisotopic (exact) mass is 263 g/mol. The van der Waals surface area contributed by atoms with Crippen LogP contribution in [0.15, 0.2) is 24.3 Å². The smallest absolute Gasteiger partial charge is 0.0991 e. The number of nitriles is 1. The van der Waals surface area contributed by atoms with Crippen molar-refractivity contribution in [3.63, 3.8) is 0 Å². The van der Waals surface area contributed by atoms with Crippen molar-refractivity contribution in [2.24, 2.45) is 0 Å². The number of anilines is 1. The molecule has 1 aromatic rings. The summed E-state index contributed by atoms with van der Waals surface area (Å²) in [5.74, 6) is 0. The minimum absolute atomic E-state index is 0.447. The zero-order valence-electron chi connectivity index (χ0n) is 11.5. The highest BCUT2D eigenvalue weighted by Gasteiger charge is 2.08. The zero-order chi connectivity index (χ0) is 14.1. The molecule has 0 fully saturated rings. The summed E-state index contributed by atoms with van der Waals surface area (Å²) in [6, 6.07) is 9.39. The van der Waals surface area contributed by atoms with Crippen molar-refractivity contribution < 1.29 is 9.84 Å². The van der Waals surface area contributed by atoms with Crippen LogP contribution >= 0.6 is 0 Å². The van der Waals surface area contributed by atoms with Gasteiger partial charge in [-0.1, -0.05) is 0 Å². The molecule has 2 N–H and O–H groups in total. The van der Waals surface area contributed by atoms with Gasteiger partial charge in [-0.2, -0.15) is 5.26 Å². The number of likely N-dealkylation sites (N-methyl/N-ethyl adjacent to an activating group) is 1. The van der Waals surface area contributed by atoms with Crippen molar-refractivity contribution in [2.75, 3.05) is 45.3 Å². The van der Waals surface area contributed by atoms with E-state index in [9.17, 15) is 5.11 Å². The lowest BCUT2D eigenvalue weighted by molar-refractivity contribution is 0.164. The molecule has 0 aliphatic heterocycles. The van der Waals surface area contributed by atoms with Gasteiger partial charge in [-0.15, -0.1) is 0 Å². The summed E-state index contributed by atoms with van der Waals surface area (Å²) in [4.78, 5) is 1.96. The number of hydrogen-bond acceptors (Lipinski definition) is 5. The molecule has 1 rings (SSSR count). The van der Waals surface area contributed by atoms with E-state index >= 15 is 0 Å². The van der Waals surface area contributed by atoms with E-state index in [1.807, 2.05) is 24.1 Å². The Kier molecular flexibility index (Phi) is 6.90. The number of hydrogen-bond donors (Lipinski definition) is 2. The number of benzene rings is 1. The highest BCUT2D eigenvalue weighted by Crippen LogP contribution is 2.13. The number of ether oxygens (including phenoxy) is 1. The van der Waals surface area contributed by atoms with Crippen molar-refractivity contribution in [3.8, 4) is 6.07 Å². The van der Waals surface area contributed by atoms with Crippen LogP contribution in [-0.2, 0) is 4.74 Å². The van der Waals surface area contributed by atoms with Crippen LogP contribution in [0.2, 0.25) is 0 Å². The number of nitrogens with one attached hydrogen (secondary N) is 1. The molecule has 19 heavy (non-hydrogen) atoms. The van der Waals surface area contributed by atoms with Crippen molar-refractivity contribution in [2.45, 2.75) is 6.10 Å². The molecule has 0 amide bonds. The first-order chi connectivity index (χ1) is 9.17. The Balaban J connectivity index is 2.36. The van der Waals surface area contributed by atoms with Gasteiger partial charge in [0.2, 0.25) is 0 Å². The average Bonchev–Trinajstić information content (AvgIpc) is 2.43. The first-order valence-electron chi connectivity index (χ1n) is 6.26. The number of nitrogens with zero attached hydrogens (tertiary/aromatic N) is 2. The molecule has 0 aliphatic carbocycles. The summed E-state index contributed by atoms with van der Waals surface area (Å²) in [5, 5.41) is 21.7. The minimum atomic E-state index is -0.447. The Morgan fingerprint density at radius 3 is 2.68 bits per heavy atom. The predicted octanol–water partition coefficient (Wildman–Crippen LogP) is 0.591. The summed E-state index contributed by atoms with van der Waals surface area (Å²) in [6.45, 7) is 2.43. The largest absolute Gasteiger partial charge is 0.390 e. The molecule has 0 spiro atoms. The molecular weight excluding hydrogens is 242 g/mol. The number of aliphatic hydroxyl groups excluding tert-OH is 1. The average molecular weight is 263 g/mol. The molecule has 0 radical (unpaired) electrons. The molecule has 1 atom stereocenters. The van der Waals surface area contributed by atoms with Crippen LogP contribution in [0, 0.1) is 11.3 Å². The van der Waals surface area contributed by atoms with Crippen LogP contribution in [-0.4, -0.2) is 51.6 Å². The van der Waals surface area contributed by atoms with Gasteiger partial charge in [-0.3, -0.25) is 0 Å². The lowest BCUT2D eigenvalue weighted by Crippen LogP contribution is -2.37. The van der Waals surface area contributed by atoms with Crippen LogP contribution < -0.4 is 10.2 Å². The number of methoxy groups -OCH3 is 1. The van der Waals surface area contributed by atoms with Crippen molar-refractivity contribution >= 4 is 5.69 Å². The molecule has 0 bridgehead atoms. The molecule has 0 aromatic heterocycles. The number of rotatable bonds is 8. The van der Waals surface area contributed by atoms with E-state index in [2.05, 4.69) is 11.4 Å². The maximum Gasteiger partial charge on any atom is 0.0991 e. The van der Waals surface area contributed by atoms with Crippen LogP contribution in [0.4, 0.5) is 5.69 Å². The Hall–Kier alpha value is -1.61. The summed E-state index contributed by atoms with van der Waals surface area (Å²) in [5.41, 5.74) is 1.62. The van der Waals surface area contributed by atoms with Gasteiger partial charge in [0.05, 0.1) is 24.3 Å². The predicted molar refractivity (Wildman–Crippen MR) is 75.2 cm³/mol. The molecule has 0 saturated carbocycles. The highest BCUT2D eigenvalue weighted by molar-refractivity contribution is 5.49. The van der Waals surface area contributed by atoms with Crippen molar-refractivity contribution in [3.05, 3.63) is 29.8 Å². The van der Waals surface area contributed by atoms with Gasteiger partial charge in [-0.05, 0) is 24.3 Å². The van der Waals surface area contributed by atoms with Crippen LogP contribution in [0.5, 0.6) is 0 Å². The van der Waals surface area contributed by atoms with Gasteiger partial charge in [0.1, 0.15) is 0 Å². The fourth-order valence-corrected chi connectivity index (χ4v) is 1.72. The maximum absolute atomic E-state index is 9.88. The van der Waals surface area contributed by atoms with E-state index in [1.165, 1.54) is 0 Å². The quantitative estimate of drug-likeness (QED) is 0.672. The molecule has 5 nitrogen and oxygen atoms in total. The highest BCUT2D eigenvalue weighted by atomic mass is 16.5. The third kappa shape index (κ3) is 5.71. The second-order valence-corrected chi connectivity index (χ2v) is 4.39. The molecule has 1 aromatic carbocycles. The van der Waals surface area contributed by atoms with Gasteiger partial charge >= 0.3 is 0 Å². The van der Waals surface area contributed by atoms with Crippen LogP contribution in [0.3, 0.4) is 0 Å². The van der Waals surface area contributed by atoms with Gasteiger partial charge in [0.15, 0.2) is 0 Å². The number of aliphatic hydroxyl groups is 1. The van der Waals surface area contributed by atoms with Crippen molar-refractivity contribution in [1.29, 1.82) is 5.26 Å². The van der Waals surface area contributed by atoms with E-state index in [1.54, 1.807) is 19.2 Å². The minimum Gasteiger partial charge on any atom is -0.390 e.